The standard InChI is InChI=1S/C12H13N5O4/c1-2-13-12-9(4-3-5-10(12)16(18)19)8-15-7-6-11(14-15)17(20)21/h3-7,13H,2,8H2,1H3. The van der Waals surface area contributed by atoms with E-state index in [1.54, 1.807) is 12.1 Å². The molecule has 0 unspecified atom stereocenters. The van der Waals surface area contributed by atoms with E-state index >= 15 is 0 Å². The van der Waals surface area contributed by atoms with Crippen molar-refractivity contribution >= 4 is 17.2 Å². The number of nitro benzene ring substituents is 1. The Hall–Kier alpha value is -2.97. The zero-order valence-corrected chi connectivity index (χ0v) is 11.2. The lowest BCUT2D eigenvalue weighted by atomic mass is 10.1. The van der Waals surface area contributed by atoms with Crippen LogP contribution in [-0.4, -0.2) is 26.2 Å². The molecule has 1 aromatic carbocycles. The minimum atomic E-state index is -0.588. The van der Waals surface area contributed by atoms with Crippen molar-refractivity contribution in [2.75, 3.05) is 11.9 Å². The summed E-state index contributed by atoms with van der Waals surface area (Å²) in [5.74, 6) is -0.259. The topological polar surface area (TPSA) is 116 Å². The summed E-state index contributed by atoms with van der Waals surface area (Å²) in [6, 6.07) is 5.99. The predicted molar refractivity (Wildman–Crippen MR) is 75.2 cm³/mol. The average molecular weight is 291 g/mol. The van der Waals surface area contributed by atoms with Crippen LogP contribution in [0, 0.1) is 20.2 Å². The maximum atomic E-state index is 11.0. The molecule has 9 heteroatoms. The van der Waals surface area contributed by atoms with Gasteiger partial charge in [-0.05, 0) is 11.8 Å². The summed E-state index contributed by atoms with van der Waals surface area (Å²) in [7, 11) is 0. The van der Waals surface area contributed by atoms with Crippen LogP contribution >= 0.6 is 0 Å². The van der Waals surface area contributed by atoms with E-state index in [1.807, 2.05) is 6.92 Å². The molecule has 0 saturated carbocycles. The summed E-state index contributed by atoms with van der Waals surface area (Å²) in [4.78, 5) is 20.6. The monoisotopic (exact) mass is 291 g/mol. The Bertz CT molecular complexity index is 682. The van der Waals surface area contributed by atoms with Crippen LogP contribution in [0.5, 0.6) is 0 Å². The van der Waals surface area contributed by atoms with Gasteiger partial charge in [0.2, 0.25) is 0 Å². The van der Waals surface area contributed by atoms with Gasteiger partial charge in [-0.3, -0.25) is 10.1 Å². The van der Waals surface area contributed by atoms with Gasteiger partial charge in [0, 0.05) is 18.2 Å². The molecule has 21 heavy (non-hydrogen) atoms. The molecule has 1 N–H and O–H groups in total. The Morgan fingerprint density at radius 2 is 2.00 bits per heavy atom. The molecule has 2 aromatic rings. The lowest BCUT2D eigenvalue weighted by Gasteiger charge is -2.10. The minimum Gasteiger partial charge on any atom is -0.379 e. The zero-order valence-electron chi connectivity index (χ0n) is 11.2. The van der Waals surface area contributed by atoms with E-state index in [4.69, 9.17) is 0 Å². The van der Waals surface area contributed by atoms with Crippen LogP contribution in [-0.2, 0) is 6.54 Å². The molecule has 0 aliphatic carbocycles. The molecule has 0 spiro atoms. The first-order valence-electron chi connectivity index (χ1n) is 6.21. The molecule has 1 heterocycles. The van der Waals surface area contributed by atoms with Crippen molar-refractivity contribution in [1.82, 2.24) is 9.78 Å². The highest BCUT2D eigenvalue weighted by Crippen LogP contribution is 2.28. The minimum absolute atomic E-state index is 0.0315. The van der Waals surface area contributed by atoms with Crippen LogP contribution in [0.15, 0.2) is 30.5 Å². The quantitative estimate of drug-likeness (QED) is 0.644. The van der Waals surface area contributed by atoms with E-state index in [1.165, 1.54) is 23.0 Å². The van der Waals surface area contributed by atoms with Gasteiger partial charge in [0.25, 0.3) is 5.69 Å². The number of aromatic nitrogens is 2. The van der Waals surface area contributed by atoms with Crippen molar-refractivity contribution in [3.8, 4) is 0 Å². The van der Waals surface area contributed by atoms with Crippen LogP contribution in [0.4, 0.5) is 17.2 Å². The maximum absolute atomic E-state index is 11.0. The molecule has 2 rings (SSSR count). The van der Waals surface area contributed by atoms with Gasteiger partial charge >= 0.3 is 5.82 Å². The Morgan fingerprint density at radius 1 is 1.24 bits per heavy atom. The number of anilines is 1. The third-order valence-electron chi connectivity index (χ3n) is 2.82. The molecule has 0 atom stereocenters. The van der Waals surface area contributed by atoms with Crippen molar-refractivity contribution in [3.05, 3.63) is 56.3 Å². The summed E-state index contributed by atoms with van der Waals surface area (Å²) in [5.41, 5.74) is 1.02. The molecular formula is C12H13N5O4. The average Bonchev–Trinajstić information content (AvgIpc) is 2.89. The van der Waals surface area contributed by atoms with Gasteiger partial charge in [-0.2, -0.15) is 4.68 Å². The third kappa shape index (κ3) is 3.14. The molecule has 0 saturated heterocycles. The number of nitrogens with zero attached hydrogens (tertiary/aromatic N) is 4. The number of nitro groups is 2. The van der Waals surface area contributed by atoms with Crippen LogP contribution in [0.25, 0.3) is 0 Å². The van der Waals surface area contributed by atoms with Crippen molar-refractivity contribution in [1.29, 1.82) is 0 Å². The second-order valence-corrected chi connectivity index (χ2v) is 4.23. The summed E-state index contributed by atoms with van der Waals surface area (Å²) in [6.07, 6.45) is 1.46. The SMILES string of the molecule is CCNc1c(Cn2ccc([N+](=O)[O-])n2)cccc1[N+](=O)[O-]. The molecule has 0 amide bonds. The van der Waals surface area contributed by atoms with Crippen LogP contribution in [0.2, 0.25) is 0 Å². The number of hydrogen-bond acceptors (Lipinski definition) is 6. The highest BCUT2D eigenvalue weighted by molar-refractivity contribution is 5.66. The fourth-order valence-corrected chi connectivity index (χ4v) is 1.96. The summed E-state index contributed by atoms with van der Waals surface area (Å²) >= 11 is 0. The normalized spacial score (nSPS) is 10.3. The first-order chi connectivity index (χ1) is 10.0. The predicted octanol–water partition coefficient (Wildman–Crippen LogP) is 2.18. The molecule has 9 nitrogen and oxygen atoms in total. The Kier molecular flexibility index (Phi) is 4.12. The van der Waals surface area contributed by atoms with Crippen LogP contribution in [0.3, 0.4) is 0 Å². The highest BCUT2D eigenvalue weighted by atomic mass is 16.6. The molecular weight excluding hydrogens is 278 g/mol. The van der Waals surface area contributed by atoms with Gasteiger partial charge in [0.05, 0.1) is 28.8 Å². The van der Waals surface area contributed by atoms with Crippen molar-refractivity contribution < 1.29 is 9.85 Å². The van der Waals surface area contributed by atoms with E-state index in [0.29, 0.717) is 17.8 Å². The van der Waals surface area contributed by atoms with Gasteiger partial charge in [0.1, 0.15) is 5.69 Å². The smallest absolute Gasteiger partial charge is 0.379 e. The molecule has 0 radical (unpaired) electrons. The maximum Gasteiger partial charge on any atom is 0.389 e. The lowest BCUT2D eigenvalue weighted by molar-refractivity contribution is -0.389. The van der Waals surface area contributed by atoms with Gasteiger partial charge in [-0.1, -0.05) is 12.1 Å². The first kappa shape index (κ1) is 14.4. The van der Waals surface area contributed by atoms with Crippen molar-refractivity contribution in [2.24, 2.45) is 0 Å². The van der Waals surface area contributed by atoms with E-state index in [-0.39, 0.29) is 18.1 Å². The largest absolute Gasteiger partial charge is 0.389 e. The van der Waals surface area contributed by atoms with Gasteiger partial charge in [0.15, 0.2) is 0 Å². The molecule has 110 valence electrons. The van der Waals surface area contributed by atoms with Gasteiger partial charge < -0.3 is 15.4 Å². The van der Waals surface area contributed by atoms with Gasteiger partial charge in [-0.15, -0.1) is 0 Å². The fraction of sp³-hybridized carbons (Fsp3) is 0.250. The summed E-state index contributed by atoms with van der Waals surface area (Å²) in [6.45, 7) is 2.56. The molecule has 0 aliphatic rings. The van der Waals surface area contributed by atoms with E-state index < -0.39 is 9.85 Å². The molecule has 0 bridgehead atoms. The number of rotatable bonds is 6. The number of hydrogen-bond donors (Lipinski definition) is 1. The Morgan fingerprint density at radius 3 is 2.57 bits per heavy atom. The molecule has 1 aromatic heterocycles. The van der Waals surface area contributed by atoms with E-state index in [2.05, 4.69) is 10.4 Å². The molecule has 0 aliphatic heterocycles. The van der Waals surface area contributed by atoms with Crippen molar-refractivity contribution in [3.63, 3.8) is 0 Å². The second-order valence-electron chi connectivity index (χ2n) is 4.23. The fourth-order valence-electron chi connectivity index (χ4n) is 1.96. The van der Waals surface area contributed by atoms with Crippen LogP contribution < -0.4 is 5.32 Å². The Balaban J connectivity index is 2.36. The first-order valence-corrected chi connectivity index (χ1v) is 6.21. The van der Waals surface area contributed by atoms with Gasteiger partial charge in [-0.25, -0.2) is 0 Å². The van der Waals surface area contributed by atoms with E-state index in [9.17, 15) is 20.2 Å². The third-order valence-corrected chi connectivity index (χ3v) is 2.82. The molecule has 0 fully saturated rings. The highest BCUT2D eigenvalue weighted by Gasteiger charge is 2.18. The van der Waals surface area contributed by atoms with Crippen molar-refractivity contribution in [2.45, 2.75) is 13.5 Å². The summed E-state index contributed by atoms with van der Waals surface area (Å²) in [5, 5.41) is 28.4. The second kappa shape index (κ2) is 5.99. The zero-order chi connectivity index (χ0) is 15.4. The van der Waals surface area contributed by atoms with E-state index in [0.717, 1.165) is 0 Å². The number of benzene rings is 1. The number of nitrogens with one attached hydrogen (secondary N) is 1. The lowest BCUT2D eigenvalue weighted by Crippen LogP contribution is -2.08. The van der Waals surface area contributed by atoms with Crippen LogP contribution in [0.1, 0.15) is 12.5 Å². The summed E-state index contributed by atoms with van der Waals surface area (Å²) < 4.78 is 1.37. The Labute approximate surface area is 119 Å². The number of para-hydroxylation sites is 1.